The van der Waals surface area contributed by atoms with Gasteiger partial charge in [0.25, 0.3) is 0 Å². The van der Waals surface area contributed by atoms with Crippen molar-refractivity contribution in [3.05, 3.63) is 28.7 Å². The number of aromatic nitrogens is 2. The molecular formula is C18H24N4O3. The lowest BCUT2D eigenvalue weighted by Gasteiger charge is -2.27. The number of nitrogens with zero attached hydrogens (tertiary/aromatic N) is 1. The first-order chi connectivity index (χ1) is 11.7. The van der Waals surface area contributed by atoms with E-state index in [1.807, 2.05) is 20.8 Å². The van der Waals surface area contributed by atoms with E-state index in [0.717, 1.165) is 6.42 Å². The summed E-state index contributed by atoms with van der Waals surface area (Å²) in [6, 6.07) is 4.75. The molecule has 2 aromatic rings. The van der Waals surface area contributed by atoms with Crippen molar-refractivity contribution in [3.63, 3.8) is 0 Å². The van der Waals surface area contributed by atoms with E-state index in [2.05, 4.69) is 15.3 Å². The lowest BCUT2D eigenvalue weighted by atomic mass is 9.91. The molecule has 3 rings (SSSR count). The van der Waals surface area contributed by atoms with Gasteiger partial charge in [-0.1, -0.05) is 20.8 Å². The van der Waals surface area contributed by atoms with Gasteiger partial charge in [0.15, 0.2) is 0 Å². The third-order valence-corrected chi connectivity index (χ3v) is 4.34. The summed E-state index contributed by atoms with van der Waals surface area (Å²) in [5.74, 6) is -0.160. The van der Waals surface area contributed by atoms with Crippen LogP contribution in [-0.2, 0) is 9.59 Å². The fraction of sp³-hybridized carbons (Fsp3) is 0.500. The average Bonchev–Trinajstić information content (AvgIpc) is 3.10. The standard InChI is InChI=1S/C18H24N4O3/c1-18(2,3)10-15(23)22-8-4-5-14(22)16(24)19-11-6-7-12-13(9-11)21-17(25)20-12/h6-7,9,14H,4-5,8,10H2,1-3H3,(H,19,24)(H2,20,21,25)/t14-/m0/s1. The number of imidazole rings is 1. The maximum absolute atomic E-state index is 12.7. The van der Waals surface area contributed by atoms with Crippen LogP contribution in [-0.4, -0.2) is 39.3 Å². The van der Waals surface area contributed by atoms with Crippen molar-refractivity contribution in [3.8, 4) is 0 Å². The molecule has 1 saturated heterocycles. The number of fused-ring (bicyclic) bond motifs is 1. The van der Waals surface area contributed by atoms with E-state index in [4.69, 9.17) is 0 Å². The minimum Gasteiger partial charge on any atom is -0.331 e. The van der Waals surface area contributed by atoms with Crippen LogP contribution in [0.1, 0.15) is 40.0 Å². The maximum Gasteiger partial charge on any atom is 0.323 e. The van der Waals surface area contributed by atoms with Crippen LogP contribution in [0.3, 0.4) is 0 Å². The van der Waals surface area contributed by atoms with Gasteiger partial charge in [-0.2, -0.15) is 0 Å². The second-order valence-corrected chi connectivity index (χ2v) is 7.81. The first-order valence-electron chi connectivity index (χ1n) is 8.55. The highest BCUT2D eigenvalue weighted by Crippen LogP contribution is 2.25. The smallest absolute Gasteiger partial charge is 0.323 e. The zero-order valence-electron chi connectivity index (χ0n) is 14.8. The highest BCUT2D eigenvalue weighted by atomic mass is 16.2. The van der Waals surface area contributed by atoms with Gasteiger partial charge in [-0.05, 0) is 36.5 Å². The zero-order valence-corrected chi connectivity index (χ0v) is 14.8. The Morgan fingerprint density at radius 2 is 1.96 bits per heavy atom. The molecule has 7 nitrogen and oxygen atoms in total. The number of hydrogen-bond donors (Lipinski definition) is 3. The highest BCUT2D eigenvalue weighted by Gasteiger charge is 2.35. The molecule has 134 valence electrons. The number of likely N-dealkylation sites (tertiary alicyclic amines) is 1. The number of nitrogens with one attached hydrogen (secondary N) is 3. The molecule has 0 saturated carbocycles. The van der Waals surface area contributed by atoms with Gasteiger partial charge in [-0.15, -0.1) is 0 Å². The Hall–Kier alpha value is -2.57. The monoisotopic (exact) mass is 344 g/mol. The number of anilines is 1. The summed E-state index contributed by atoms with van der Waals surface area (Å²) in [6.07, 6.45) is 1.93. The van der Waals surface area contributed by atoms with Gasteiger partial charge in [0, 0.05) is 18.7 Å². The van der Waals surface area contributed by atoms with Gasteiger partial charge in [0.2, 0.25) is 11.8 Å². The van der Waals surface area contributed by atoms with Crippen molar-refractivity contribution in [1.29, 1.82) is 0 Å². The number of amides is 2. The molecule has 3 N–H and O–H groups in total. The molecule has 1 aliphatic rings. The molecule has 25 heavy (non-hydrogen) atoms. The Morgan fingerprint density at radius 1 is 1.24 bits per heavy atom. The van der Waals surface area contributed by atoms with Crippen LogP contribution in [0, 0.1) is 5.41 Å². The largest absolute Gasteiger partial charge is 0.331 e. The number of hydrogen-bond acceptors (Lipinski definition) is 3. The topological polar surface area (TPSA) is 98.1 Å². The van der Waals surface area contributed by atoms with Crippen molar-refractivity contribution in [2.24, 2.45) is 5.41 Å². The number of rotatable bonds is 3. The summed E-state index contributed by atoms with van der Waals surface area (Å²) in [4.78, 5) is 43.5. The predicted octanol–water partition coefficient (Wildman–Crippen LogP) is 2.22. The molecular weight excluding hydrogens is 320 g/mol. The Bertz CT molecular complexity index is 859. The summed E-state index contributed by atoms with van der Waals surface area (Å²) in [7, 11) is 0. The molecule has 1 fully saturated rings. The van der Waals surface area contributed by atoms with Crippen LogP contribution in [0.15, 0.2) is 23.0 Å². The number of carbonyl (C=O) groups excluding carboxylic acids is 2. The van der Waals surface area contributed by atoms with E-state index in [-0.39, 0.29) is 22.9 Å². The molecule has 2 heterocycles. The molecule has 1 atom stereocenters. The van der Waals surface area contributed by atoms with Crippen LogP contribution >= 0.6 is 0 Å². The van der Waals surface area contributed by atoms with Crippen molar-refractivity contribution >= 4 is 28.5 Å². The van der Waals surface area contributed by atoms with Gasteiger partial charge in [-0.3, -0.25) is 9.59 Å². The molecule has 1 aromatic carbocycles. The minimum absolute atomic E-state index is 0.0237. The Labute approximate surface area is 145 Å². The van der Waals surface area contributed by atoms with Crippen molar-refractivity contribution < 1.29 is 9.59 Å². The number of aromatic amines is 2. The van der Waals surface area contributed by atoms with Gasteiger partial charge < -0.3 is 20.2 Å². The summed E-state index contributed by atoms with van der Waals surface area (Å²) in [6.45, 7) is 6.67. The second kappa shape index (κ2) is 6.38. The van der Waals surface area contributed by atoms with E-state index in [1.54, 1.807) is 23.1 Å². The Kier molecular flexibility index (Phi) is 4.41. The summed E-state index contributed by atoms with van der Waals surface area (Å²) >= 11 is 0. The molecule has 0 bridgehead atoms. The fourth-order valence-electron chi connectivity index (χ4n) is 3.23. The first-order valence-corrected chi connectivity index (χ1v) is 8.55. The van der Waals surface area contributed by atoms with Gasteiger partial charge >= 0.3 is 5.69 Å². The molecule has 1 aliphatic heterocycles. The zero-order chi connectivity index (χ0) is 18.2. The highest BCUT2D eigenvalue weighted by molar-refractivity contribution is 5.98. The molecule has 0 unspecified atom stereocenters. The van der Waals surface area contributed by atoms with Crippen molar-refractivity contribution in [1.82, 2.24) is 14.9 Å². The molecule has 7 heteroatoms. The lowest BCUT2D eigenvalue weighted by molar-refractivity contribution is -0.138. The van der Waals surface area contributed by atoms with E-state index >= 15 is 0 Å². The van der Waals surface area contributed by atoms with Gasteiger partial charge in [-0.25, -0.2) is 4.79 Å². The molecule has 2 amide bonds. The predicted molar refractivity (Wildman–Crippen MR) is 96.4 cm³/mol. The summed E-state index contributed by atoms with van der Waals surface area (Å²) < 4.78 is 0. The van der Waals surface area contributed by atoms with Crippen LogP contribution in [0.5, 0.6) is 0 Å². The van der Waals surface area contributed by atoms with Crippen molar-refractivity contribution in [2.45, 2.75) is 46.1 Å². The van der Waals surface area contributed by atoms with E-state index < -0.39 is 6.04 Å². The quantitative estimate of drug-likeness (QED) is 0.796. The van der Waals surface area contributed by atoms with Gasteiger partial charge in [0.1, 0.15) is 6.04 Å². The Morgan fingerprint density at radius 3 is 2.68 bits per heavy atom. The molecule has 1 aromatic heterocycles. The van der Waals surface area contributed by atoms with Crippen LogP contribution < -0.4 is 11.0 Å². The Balaban J connectivity index is 1.72. The minimum atomic E-state index is -0.434. The molecule has 0 aliphatic carbocycles. The van der Waals surface area contributed by atoms with E-state index in [0.29, 0.717) is 36.1 Å². The second-order valence-electron chi connectivity index (χ2n) is 7.81. The number of benzene rings is 1. The number of carbonyl (C=O) groups is 2. The van der Waals surface area contributed by atoms with Crippen molar-refractivity contribution in [2.75, 3.05) is 11.9 Å². The van der Waals surface area contributed by atoms with E-state index in [1.165, 1.54) is 0 Å². The normalized spacial score (nSPS) is 17.9. The van der Waals surface area contributed by atoms with Crippen LogP contribution in [0.25, 0.3) is 11.0 Å². The average molecular weight is 344 g/mol. The third-order valence-electron chi connectivity index (χ3n) is 4.34. The molecule has 0 spiro atoms. The summed E-state index contributed by atoms with van der Waals surface area (Å²) in [5.41, 5.74) is 1.53. The van der Waals surface area contributed by atoms with E-state index in [9.17, 15) is 14.4 Å². The molecule has 0 radical (unpaired) electrons. The van der Waals surface area contributed by atoms with Crippen LogP contribution in [0.2, 0.25) is 0 Å². The SMILES string of the molecule is CC(C)(C)CC(=O)N1CCC[C@H]1C(=O)Nc1ccc2[nH]c(=O)[nH]c2c1. The first kappa shape index (κ1) is 17.3. The van der Waals surface area contributed by atoms with Gasteiger partial charge in [0.05, 0.1) is 11.0 Å². The number of H-pyrrole nitrogens is 2. The maximum atomic E-state index is 12.7. The fourth-order valence-corrected chi connectivity index (χ4v) is 3.23. The third kappa shape index (κ3) is 3.92. The summed E-state index contributed by atoms with van der Waals surface area (Å²) in [5, 5.41) is 2.86. The lowest BCUT2D eigenvalue weighted by Crippen LogP contribution is -2.44. The van der Waals surface area contributed by atoms with Crippen LogP contribution in [0.4, 0.5) is 5.69 Å².